The predicted octanol–water partition coefficient (Wildman–Crippen LogP) is 2.19. The zero-order valence-electron chi connectivity index (χ0n) is 12.0. The van der Waals surface area contributed by atoms with Gasteiger partial charge in [0.2, 0.25) is 0 Å². The topological polar surface area (TPSA) is 55.9 Å². The quantitative estimate of drug-likeness (QED) is 0.608. The molecule has 0 bridgehead atoms. The lowest BCUT2D eigenvalue weighted by atomic mass is 10.0. The minimum atomic E-state index is -0.837. The second-order valence-electron chi connectivity index (χ2n) is 5.02. The molecule has 0 saturated carbocycles. The molecule has 1 aromatic heterocycles. The Balaban J connectivity index is 2.09. The smallest absolute Gasteiger partial charge is 0.162 e. The normalized spacial score (nSPS) is 12.6. The Morgan fingerprint density at radius 3 is 2.86 bits per heavy atom. The number of nitrogens with one attached hydrogen (secondary N) is 1. The summed E-state index contributed by atoms with van der Waals surface area (Å²) in [5, 5.41) is 0. The van der Waals surface area contributed by atoms with Gasteiger partial charge in [0.15, 0.2) is 11.6 Å². The summed E-state index contributed by atoms with van der Waals surface area (Å²) < 4.78 is 29.0. The van der Waals surface area contributed by atoms with Gasteiger partial charge in [-0.3, -0.25) is 11.3 Å². The highest BCUT2D eigenvalue weighted by Crippen LogP contribution is 2.15. The molecule has 1 unspecified atom stereocenters. The van der Waals surface area contributed by atoms with E-state index in [0.717, 1.165) is 24.9 Å². The fourth-order valence-corrected chi connectivity index (χ4v) is 2.36. The highest BCUT2D eigenvalue weighted by atomic mass is 19.2. The molecule has 4 nitrogen and oxygen atoms in total. The van der Waals surface area contributed by atoms with Crippen molar-refractivity contribution in [2.75, 3.05) is 0 Å². The number of aryl methyl sites for hydroxylation is 1. The van der Waals surface area contributed by atoms with Crippen molar-refractivity contribution in [2.45, 2.75) is 38.8 Å². The molecule has 3 N–H and O–H groups in total. The van der Waals surface area contributed by atoms with E-state index in [9.17, 15) is 8.78 Å². The molecule has 0 radical (unpaired) electrons. The molecule has 0 aliphatic rings. The lowest BCUT2D eigenvalue weighted by molar-refractivity contribution is 0.464. The zero-order chi connectivity index (χ0) is 15.2. The van der Waals surface area contributed by atoms with Gasteiger partial charge in [0.1, 0.15) is 5.82 Å². The number of nitrogens with two attached hydrogens (primary N) is 1. The lowest BCUT2D eigenvalue weighted by Crippen LogP contribution is -2.39. The van der Waals surface area contributed by atoms with E-state index in [1.807, 2.05) is 10.8 Å². The second kappa shape index (κ2) is 7.28. The van der Waals surface area contributed by atoms with Crippen LogP contribution >= 0.6 is 0 Å². The Hall–Kier alpha value is -1.79. The van der Waals surface area contributed by atoms with Gasteiger partial charge in [-0.1, -0.05) is 19.1 Å². The number of halogens is 2. The van der Waals surface area contributed by atoms with Crippen LogP contribution in [0.3, 0.4) is 0 Å². The van der Waals surface area contributed by atoms with Gasteiger partial charge < -0.3 is 4.57 Å². The molecule has 2 aromatic rings. The average molecular weight is 294 g/mol. The van der Waals surface area contributed by atoms with Crippen LogP contribution in [0.1, 0.15) is 24.7 Å². The van der Waals surface area contributed by atoms with Gasteiger partial charge in [0.25, 0.3) is 0 Å². The molecule has 2 rings (SSSR count). The summed E-state index contributed by atoms with van der Waals surface area (Å²) in [6.07, 6.45) is 5.51. The van der Waals surface area contributed by atoms with E-state index in [1.54, 1.807) is 12.3 Å². The second-order valence-corrected chi connectivity index (χ2v) is 5.02. The molecular formula is C15H20F2N4. The number of imidazole rings is 1. The average Bonchev–Trinajstić information content (AvgIpc) is 2.90. The third-order valence-electron chi connectivity index (χ3n) is 3.43. The fourth-order valence-electron chi connectivity index (χ4n) is 2.36. The number of hydrogen-bond donors (Lipinski definition) is 2. The number of benzene rings is 1. The van der Waals surface area contributed by atoms with Gasteiger partial charge in [-0.25, -0.2) is 13.8 Å². The minimum Gasteiger partial charge on any atom is -0.335 e. The van der Waals surface area contributed by atoms with Crippen molar-refractivity contribution in [3.8, 4) is 0 Å². The van der Waals surface area contributed by atoms with Gasteiger partial charge in [-0.15, -0.1) is 0 Å². The number of rotatable bonds is 7. The third-order valence-corrected chi connectivity index (χ3v) is 3.43. The van der Waals surface area contributed by atoms with Crippen LogP contribution in [0.5, 0.6) is 0 Å². The van der Waals surface area contributed by atoms with Crippen LogP contribution in [-0.4, -0.2) is 15.6 Å². The van der Waals surface area contributed by atoms with Crippen LogP contribution in [0.15, 0.2) is 30.6 Å². The van der Waals surface area contributed by atoms with E-state index in [-0.39, 0.29) is 6.04 Å². The van der Waals surface area contributed by atoms with Gasteiger partial charge in [-0.05, 0) is 24.5 Å². The molecule has 114 valence electrons. The molecule has 1 atom stereocenters. The van der Waals surface area contributed by atoms with Gasteiger partial charge >= 0.3 is 0 Å². The molecule has 0 aliphatic carbocycles. The molecule has 6 heteroatoms. The van der Waals surface area contributed by atoms with Crippen LogP contribution in [-0.2, 0) is 19.4 Å². The maximum atomic E-state index is 13.7. The van der Waals surface area contributed by atoms with Crippen molar-refractivity contribution in [3.63, 3.8) is 0 Å². The number of hydrazine groups is 1. The van der Waals surface area contributed by atoms with Gasteiger partial charge in [-0.2, -0.15) is 0 Å². The summed E-state index contributed by atoms with van der Waals surface area (Å²) in [6.45, 7) is 2.96. The summed E-state index contributed by atoms with van der Waals surface area (Å²) in [4.78, 5) is 4.30. The van der Waals surface area contributed by atoms with Crippen LogP contribution in [0, 0.1) is 11.6 Å². The first kappa shape index (κ1) is 15.6. The highest BCUT2D eigenvalue weighted by Gasteiger charge is 2.16. The fraction of sp³-hybridized carbons (Fsp3) is 0.400. The first-order valence-electron chi connectivity index (χ1n) is 7.04. The van der Waals surface area contributed by atoms with Crippen LogP contribution in [0.25, 0.3) is 0 Å². The van der Waals surface area contributed by atoms with E-state index < -0.39 is 11.6 Å². The minimum absolute atomic E-state index is 0.209. The molecule has 21 heavy (non-hydrogen) atoms. The Morgan fingerprint density at radius 1 is 1.33 bits per heavy atom. The molecule has 1 aromatic carbocycles. The lowest BCUT2D eigenvalue weighted by Gasteiger charge is -2.17. The summed E-state index contributed by atoms with van der Waals surface area (Å²) in [7, 11) is 0. The van der Waals surface area contributed by atoms with E-state index >= 15 is 0 Å². The Morgan fingerprint density at radius 2 is 2.14 bits per heavy atom. The molecular weight excluding hydrogens is 274 g/mol. The van der Waals surface area contributed by atoms with E-state index in [0.29, 0.717) is 18.4 Å². The van der Waals surface area contributed by atoms with E-state index in [1.165, 1.54) is 6.07 Å². The Kier molecular flexibility index (Phi) is 5.41. The standard InChI is InChI=1S/C15H20F2N4/c1-2-7-21-8-6-19-14(21)10-12(20-18)9-11-4-3-5-13(16)15(11)17/h3-6,8,12,20H,2,7,9-10,18H2,1H3. The SMILES string of the molecule is CCCn1ccnc1CC(Cc1cccc(F)c1F)NN. The summed E-state index contributed by atoms with van der Waals surface area (Å²) in [5.74, 6) is 4.78. The molecule has 0 fully saturated rings. The van der Waals surface area contributed by atoms with Gasteiger partial charge in [0, 0.05) is 31.4 Å². The summed E-state index contributed by atoms with van der Waals surface area (Å²) in [5.41, 5.74) is 2.97. The molecule has 0 amide bonds. The molecule has 0 aliphatic heterocycles. The molecule has 0 saturated heterocycles. The third kappa shape index (κ3) is 3.86. The maximum absolute atomic E-state index is 13.7. The first-order valence-corrected chi connectivity index (χ1v) is 7.04. The number of hydrogen-bond acceptors (Lipinski definition) is 3. The first-order chi connectivity index (χ1) is 10.2. The van der Waals surface area contributed by atoms with Crippen molar-refractivity contribution in [1.29, 1.82) is 0 Å². The van der Waals surface area contributed by atoms with Crippen molar-refractivity contribution in [2.24, 2.45) is 5.84 Å². The largest absolute Gasteiger partial charge is 0.335 e. The zero-order valence-corrected chi connectivity index (χ0v) is 12.0. The molecule has 0 spiro atoms. The maximum Gasteiger partial charge on any atom is 0.162 e. The van der Waals surface area contributed by atoms with E-state index in [2.05, 4.69) is 17.3 Å². The van der Waals surface area contributed by atoms with Crippen LogP contribution < -0.4 is 11.3 Å². The Labute approximate surface area is 123 Å². The van der Waals surface area contributed by atoms with Gasteiger partial charge in [0.05, 0.1) is 0 Å². The Bertz CT molecular complexity index is 583. The predicted molar refractivity (Wildman–Crippen MR) is 77.4 cm³/mol. The van der Waals surface area contributed by atoms with E-state index in [4.69, 9.17) is 5.84 Å². The van der Waals surface area contributed by atoms with Crippen molar-refractivity contribution in [3.05, 3.63) is 53.6 Å². The molecule has 1 heterocycles. The number of aromatic nitrogens is 2. The van der Waals surface area contributed by atoms with Crippen molar-refractivity contribution in [1.82, 2.24) is 15.0 Å². The van der Waals surface area contributed by atoms with Crippen LogP contribution in [0.2, 0.25) is 0 Å². The monoisotopic (exact) mass is 294 g/mol. The summed E-state index contributed by atoms with van der Waals surface area (Å²) in [6, 6.07) is 3.97. The van der Waals surface area contributed by atoms with Crippen molar-refractivity contribution < 1.29 is 8.78 Å². The number of nitrogens with zero attached hydrogens (tertiary/aromatic N) is 2. The highest BCUT2D eigenvalue weighted by molar-refractivity contribution is 5.20. The van der Waals surface area contributed by atoms with Crippen molar-refractivity contribution >= 4 is 0 Å². The van der Waals surface area contributed by atoms with Crippen LogP contribution in [0.4, 0.5) is 8.78 Å². The summed E-state index contributed by atoms with van der Waals surface area (Å²) >= 11 is 0.